The normalized spacial score (nSPS) is 31.8. The third-order valence-electron chi connectivity index (χ3n) is 6.67. The van der Waals surface area contributed by atoms with Crippen molar-refractivity contribution in [3.8, 4) is 0 Å². The molecule has 5 nitrogen and oxygen atoms in total. The number of halogens is 2. The van der Waals surface area contributed by atoms with Crippen molar-refractivity contribution in [3.63, 3.8) is 0 Å². The average Bonchev–Trinajstić information content (AvgIpc) is 2.55. The Labute approximate surface area is 176 Å². The topological polar surface area (TPSA) is 75.3 Å². The van der Waals surface area contributed by atoms with E-state index in [0.717, 1.165) is 11.8 Å². The van der Waals surface area contributed by atoms with Crippen LogP contribution in [0, 0.1) is 23.7 Å². The van der Waals surface area contributed by atoms with Gasteiger partial charge in [0, 0.05) is 11.1 Å². The molecule has 2 N–H and O–H groups in total. The molecular weight excluding hydrogens is 419 g/mol. The number of nitrogens with one attached hydrogen (secondary N) is 2. The fourth-order valence-corrected chi connectivity index (χ4v) is 7.77. The van der Waals surface area contributed by atoms with E-state index < -0.39 is 15.6 Å². The van der Waals surface area contributed by atoms with Gasteiger partial charge in [0.2, 0.25) is 15.9 Å². The van der Waals surface area contributed by atoms with Gasteiger partial charge >= 0.3 is 0 Å². The molecule has 4 bridgehead atoms. The number of rotatable bonds is 5. The molecule has 4 aliphatic carbocycles. The fourth-order valence-electron chi connectivity index (χ4n) is 5.62. The van der Waals surface area contributed by atoms with Gasteiger partial charge in [-0.15, -0.1) is 0 Å². The predicted octanol–water partition coefficient (Wildman–Crippen LogP) is 3.99. The van der Waals surface area contributed by atoms with E-state index in [1.54, 1.807) is 13.8 Å². The van der Waals surface area contributed by atoms with Gasteiger partial charge in [-0.3, -0.25) is 4.79 Å². The first kappa shape index (κ1) is 20.5. The molecule has 154 valence electrons. The van der Waals surface area contributed by atoms with E-state index in [1.165, 1.54) is 50.3 Å². The number of sulfonamides is 1. The van der Waals surface area contributed by atoms with E-state index in [1.807, 2.05) is 0 Å². The molecule has 8 heteroatoms. The molecule has 0 aliphatic heterocycles. The van der Waals surface area contributed by atoms with Crippen molar-refractivity contribution < 1.29 is 13.2 Å². The smallest absolute Gasteiger partial charge is 0.243 e. The predicted molar refractivity (Wildman–Crippen MR) is 110 cm³/mol. The lowest BCUT2D eigenvalue weighted by Gasteiger charge is -2.54. The molecule has 0 atom stereocenters. The molecule has 5 rings (SSSR count). The minimum Gasteiger partial charge on any atom is -0.351 e. The molecule has 1 amide bonds. The van der Waals surface area contributed by atoms with Crippen molar-refractivity contribution >= 4 is 39.1 Å². The van der Waals surface area contributed by atoms with Crippen LogP contribution in [-0.4, -0.2) is 25.9 Å². The number of benzene rings is 1. The summed E-state index contributed by atoms with van der Waals surface area (Å²) < 4.78 is 28.1. The monoisotopic (exact) mass is 444 g/mol. The molecule has 0 heterocycles. The van der Waals surface area contributed by atoms with Crippen LogP contribution in [-0.2, 0) is 14.8 Å². The number of carbonyl (C=O) groups excluding carboxylic acids is 1. The molecule has 0 spiro atoms. The summed E-state index contributed by atoms with van der Waals surface area (Å²) in [6, 6.07) is 4.34. The Balaban J connectivity index is 1.48. The van der Waals surface area contributed by atoms with Gasteiger partial charge < -0.3 is 5.32 Å². The maximum absolute atomic E-state index is 13.0. The number of amides is 1. The largest absolute Gasteiger partial charge is 0.351 e. The Bertz CT molecular complexity index is 873. The minimum atomic E-state index is -3.97. The van der Waals surface area contributed by atoms with E-state index in [4.69, 9.17) is 23.2 Å². The molecule has 0 unspecified atom stereocenters. The lowest BCUT2D eigenvalue weighted by molar-refractivity contribution is -0.129. The van der Waals surface area contributed by atoms with Crippen molar-refractivity contribution in [2.75, 3.05) is 0 Å². The molecule has 0 saturated heterocycles. The summed E-state index contributed by atoms with van der Waals surface area (Å²) in [6.07, 6.45) is 6.09. The van der Waals surface area contributed by atoms with Crippen molar-refractivity contribution in [1.82, 2.24) is 10.0 Å². The van der Waals surface area contributed by atoms with E-state index in [9.17, 15) is 13.2 Å². The van der Waals surface area contributed by atoms with Gasteiger partial charge in [-0.25, -0.2) is 8.42 Å². The second-order valence-corrected chi connectivity index (χ2v) is 11.7. The number of hydrogen-bond donors (Lipinski definition) is 2. The van der Waals surface area contributed by atoms with Crippen LogP contribution in [0.2, 0.25) is 10.0 Å². The van der Waals surface area contributed by atoms with Crippen LogP contribution in [0.1, 0.15) is 46.0 Å². The van der Waals surface area contributed by atoms with Crippen LogP contribution in [0.4, 0.5) is 0 Å². The molecule has 0 radical (unpaired) electrons. The molecule has 28 heavy (non-hydrogen) atoms. The first-order valence-electron chi connectivity index (χ1n) is 9.85. The summed E-state index contributed by atoms with van der Waals surface area (Å²) in [4.78, 5) is 12.9. The van der Waals surface area contributed by atoms with Gasteiger partial charge in [0.1, 0.15) is 10.4 Å². The van der Waals surface area contributed by atoms with Crippen molar-refractivity contribution in [2.24, 2.45) is 23.7 Å². The van der Waals surface area contributed by atoms with Crippen LogP contribution in [0.15, 0.2) is 23.1 Å². The summed E-state index contributed by atoms with van der Waals surface area (Å²) in [6.45, 7) is 3.17. The lowest BCUT2D eigenvalue weighted by Crippen LogP contribution is -2.62. The summed E-state index contributed by atoms with van der Waals surface area (Å²) in [5.74, 6) is 2.39. The first-order chi connectivity index (χ1) is 13.0. The van der Waals surface area contributed by atoms with Crippen LogP contribution in [0.5, 0.6) is 0 Å². The van der Waals surface area contributed by atoms with E-state index in [0.29, 0.717) is 16.9 Å². The number of carbonyl (C=O) groups is 1. The summed E-state index contributed by atoms with van der Waals surface area (Å²) in [5, 5.41) is 3.56. The highest BCUT2D eigenvalue weighted by Crippen LogP contribution is 2.53. The highest BCUT2D eigenvalue weighted by Gasteiger charge is 2.49. The zero-order valence-electron chi connectivity index (χ0n) is 16.0. The molecule has 0 aromatic heterocycles. The van der Waals surface area contributed by atoms with Gasteiger partial charge in [-0.05, 0) is 87.8 Å². The summed E-state index contributed by atoms with van der Waals surface area (Å²) >= 11 is 11.9. The average molecular weight is 445 g/mol. The maximum atomic E-state index is 13.0. The quantitative estimate of drug-likeness (QED) is 0.720. The minimum absolute atomic E-state index is 0.0252. The number of hydrogen-bond acceptors (Lipinski definition) is 3. The van der Waals surface area contributed by atoms with E-state index in [2.05, 4.69) is 10.0 Å². The zero-order chi connectivity index (χ0) is 20.3. The van der Waals surface area contributed by atoms with Crippen molar-refractivity contribution in [1.29, 1.82) is 0 Å². The van der Waals surface area contributed by atoms with Crippen molar-refractivity contribution in [2.45, 2.75) is 62.4 Å². The third kappa shape index (κ3) is 3.81. The van der Waals surface area contributed by atoms with Gasteiger partial charge in [0.15, 0.2) is 0 Å². The third-order valence-corrected chi connectivity index (χ3v) is 9.04. The molecular formula is C20H26Cl2N2O3S. The second-order valence-electron chi connectivity index (χ2n) is 9.24. The Morgan fingerprint density at radius 2 is 1.61 bits per heavy atom. The van der Waals surface area contributed by atoms with Gasteiger partial charge in [0.05, 0.1) is 5.02 Å². The highest BCUT2D eigenvalue weighted by atomic mass is 35.5. The Morgan fingerprint density at radius 3 is 2.14 bits per heavy atom. The lowest BCUT2D eigenvalue weighted by atomic mass is 9.54. The molecule has 4 aliphatic rings. The van der Waals surface area contributed by atoms with Crippen LogP contribution < -0.4 is 10.0 Å². The van der Waals surface area contributed by atoms with Gasteiger partial charge in [-0.2, -0.15) is 4.72 Å². The highest BCUT2D eigenvalue weighted by molar-refractivity contribution is 7.89. The fraction of sp³-hybridized carbons (Fsp3) is 0.650. The van der Waals surface area contributed by atoms with Crippen LogP contribution >= 0.6 is 23.2 Å². The first-order valence-corrected chi connectivity index (χ1v) is 12.1. The maximum Gasteiger partial charge on any atom is 0.243 e. The van der Waals surface area contributed by atoms with Gasteiger partial charge in [0.25, 0.3) is 0 Å². The van der Waals surface area contributed by atoms with Crippen molar-refractivity contribution in [3.05, 3.63) is 28.2 Å². The van der Waals surface area contributed by atoms with Crippen LogP contribution in [0.3, 0.4) is 0 Å². The molecule has 4 saturated carbocycles. The summed E-state index contributed by atoms with van der Waals surface area (Å²) in [7, 11) is -3.97. The van der Waals surface area contributed by atoms with Gasteiger partial charge in [-0.1, -0.05) is 23.2 Å². The second kappa shape index (κ2) is 7.15. The zero-order valence-corrected chi connectivity index (χ0v) is 18.4. The van der Waals surface area contributed by atoms with Crippen LogP contribution in [0.25, 0.3) is 0 Å². The SMILES string of the molecule is CC(C)(NS(=O)(=O)c1ccc(Cl)cc1Cl)C(=O)NC1C2CC3CC(C2)CC1C3. The van der Waals surface area contributed by atoms with E-state index >= 15 is 0 Å². The Kier molecular flexibility index (Phi) is 5.22. The molecule has 4 fully saturated rings. The summed E-state index contributed by atoms with van der Waals surface area (Å²) in [5.41, 5.74) is -1.30. The Hall–Kier alpha value is -0.820. The molecule has 1 aromatic carbocycles. The molecule has 1 aromatic rings. The Morgan fingerprint density at radius 1 is 1.04 bits per heavy atom. The van der Waals surface area contributed by atoms with E-state index in [-0.39, 0.29) is 21.9 Å². The standard InChI is InChI=1S/C20H26Cl2N2O3S/c1-20(2,24-28(26,27)17-4-3-15(21)10-16(17)22)19(25)23-18-13-6-11-5-12(8-13)9-14(18)7-11/h3-4,10-14,18,24H,5-9H2,1-2H3,(H,23,25).